The maximum absolute atomic E-state index is 13.2. The van der Waals surface area contributed by atoms with Gasteiger partial charge in [0.05, 0.1) is 8.28 Å². The quantitative estimate of drug-likeness (QED) is 0.499. The Morgan fingerprint density at radius 3 is 2.50 bits per heavy atom. The Hall–Kier alpha value is -4.09. The molecule has 0 radical (unpaired) electrons. The van der Waals surface area contributed by atoms with Crippen molar-refractivity contribution in [1.29, 1.82) is 0 Å². The van der Waals surface area contributed by atoms with Crippen LogP contribution in [-0.4, -0.2) is 36.7 Å². The van der Waals surface area contributed by atoms with E-state index in [1.54, 1.807) is 0 Å². The van der Waals surface area contributed by atoms with Gasteiger partial charge < -0.3 is 20.2 Å². The van der Waals surface area contributed by atoms with Gasteiger partial charge in [-0.25, -0.2) is 9.37 Å². The summed E-state index contributed by atoms with van der Waals surface area (Å²) in [6, 6.07) is 4.30. The van der Waals surface area contributed by atoms with E-state index in [0.29, 0.717) is 0 Å². The molecule has 3 rings (SSSR count). The largest absolute Gasteiger partial charge is 0.501 e. The molecule has 2 aromatic heterocycles. The molecule has 11 nitrogen and oxygen atoms in total. The highest BCUT2D eigenvalue weighted by Crippen LogP contribution is 2.20. The van der Waals surface area contributed by atoms with Crippen LogP contribution in [0.5, 0.6) is 5.75 Å². The molecule has 0 spiro atoms. The molecule has 0 atom stereocenters. The van der Waals surface area contributed by atoms with Gasteiger partial charge in [0.15, 0.2) is 5.69 Å². The highest BCUT2D eigenvalue weighted by atomic mass is 19.2. The average molecular weight is 452 g/mol. The van der Waals surface area contributed by atoms with E-state index >= 15 is 0 Å². The first-order valence-corrected chi connectivity index (χ1v) is 9.24. The zero-order valence-electron chi connectivity index (χ0n) is 19.6. The molecule has 2 heterocycles. The second-order valence-corrected chi connectivity index (χ2v) is 7.29. The van der Waals surface area contributed by atoms with Crippen LogP contribution in [0.3, 0.4) is 0 Å². The molecule has 0 aliphatic heterocycles. The Morgan fingerprint density at radius 2 is 1.91 bits per heavy atom. The number of hydrogen-bond acceptors (Lipinski definition) is 8. The number of nitrogens with zero attached hydrogens (tertiary/aromatic N) is 4. The van der Waals surface area contributed by atoms with Crippen molar-refractivity contribution in [2.75, 3.05) is 0 Å². The van der Waals surface area contributed by atoms with E-state index in [1.807, 2.05) is 5.32 Å². The predicted molar refractivity (Wildman–Crippen MR) is 108 cm³/mol. The van der Waals surface area contributed by atoms with Gasteiger partial charge in [0.25, 0.3) is 11.5 Å². The summed E-state index contributed by atoms with van der Waals surface area (Å²) in [5.74, 6) is -3.90. The molecule has 32 heavy (non-hydrogen) atoms. The molecular formula is C20H21FN6O5. The highest BCUT2D eigenvalue weighted by molar-refractivity contribution is 5.94. The molecule has 0 aliphatic rings. The predicted octanol–water partition coefficient (Wildman–Crippen LogP) is 0.912. The van der Waals surface area contributed by atoms with Gasteiger partial charge in [0.1, 0.15) is 11.6 Å². The smallest absolute Gasteiger partial charge is 0.309 e. The number of aryl methyl sites for hydroxylation is 1. The summed E-state index contributed by atoms with van der Waals surface area (Å²) in [6.07, 6.45) is 0. The lowest BCUT2D eigenvalue weighted by atomic mass is 10.0. The second-order valence-electron chi connectivity index (χ2n) is 7.29. The number of rotatable bonds is 6. The highest BCUT2D eigenvalue weighted by Gasteiger charge is 2.32. The van der Waals surface area contributed by atoms with E-state index in [2.05, 4.69) is 20.5 Å². The first-order valence-electron chi connectivity index (χ1n) is 10.2. The van der Waals surface area contributed by atoms with Crippen molar-refractivity contribution in [3.8, 4) is 5.75 Å². The van der Waals surface area contributed by atoms with Crippen molar-refractivity contribution in [1.82, 2.24) is 30.4 Å². The van der Waals surface area contributed by atoms with Gasteiger partial charge in [-0.2, -0.15) is 0 Å². The number of amides is 2. The van der Waals surface area contributed by atoms with Crippen LogP contribution >= 0.6 is 0 Å². The number of hydrogen-bond donors (Lipinski definition) is 3. The van der Waals surface area contributed by atoms with Crippen LogP contribution in [0.2, 0.25) is 0 Å². The van der Waals surface area contributed by atoms with Crippen molar-refractivity contribution in [3.63, 3.8) is 0 Å². The minimum absolute atomic E-state index is 0.0757. The fourth-order valence-electron chi connectivity index (χ4n) is 2.81. The van der Waals surface area contributed by atoms with Crippen molar-refractivity contribution >= 4 is 11.8 Å². The topological polar surface area (TPSA) is 152 Å². The third-order valence-electron chi connectivity index (χ3n) is 4.35. The Balaban J connectivity index is 1.96. The molecule has 168 valence electrons. The number of carbonyl (C=O) groups excluding carboxylic acids is 2. The fraction of sp³-hybridized carbons (Fsp3) is 0.300. The van der Waals surface area contributed by atoms with Gasteiger partial charge in [-0.15, -0.1) is 10.2 Å². The van der Waals surface area contributed by atoms with Crippen LogP contribution in [0.1, 0.15) is 55.0 Å². The fourth-order valence-corrected chi connectivity index (χ4v) is 2.81. The van der Waals surface area contributed by atoms with Gasteiger partial charge in [0.2, 0.25) is 11.6 Å². The molecule has 0 saturated heterocycles. The molecular weight excluding hydrogens is 429 g/mol. The van der Waals surface area contributed by atoms with Crippen LogP contribution in [0, 0.1) is 12.7 Å². The van der Waals surface area contributed by atoms with Gasteiger partial charge >= 0.3 is 11.8 Å². The van der Waals surface area contributed by atoms with Gasteiger partial charge in [0, 0.05) is 20.5 Å². The minimum atomic E-state index is -2.49. The van der Waals surface area contributed by atoms with Gasteiger partial charge in [-0.05, 0) is 31.5 Å². The Bertz CT molecular complexity index is 1320. The van der Waals surface area contributed by atoms with Crippen LogP contribution in [-0.2, 0) is 19.1 Å². The maximum atomic E-state index is 13.2. The van der Waals surface area contributed by atoms with Crippen LogP contribution in [0.15, 0.2) is 33.5 Å². The zero-order chi connectivity index (χ0) is 25.4. The number of benzene rings is 1. The summed E-state index contributed by atoms with van der Waals surface area (Å²) in [5.41, 5.74) is -3.23. The van der Waals surface area contributed by atoms with Crippen molar-refractivity contribution in [2.45, 2.75) is 32.8 Å². The lowest BCUT2D eigenvalue weighted by Crippen LogP contribution is -2.46. The normalized spacial score (nSPS) is 12.7. The zero-order valence-corrected chi connectivity index (χ0v) is 17.6. The molecule has 3 aromatic rings. The second kappa shape index (κ2) is 8.57. The summed E-state index contributed by atoms with van der Waals surface area (Å²) in [4.78, 5) is 41.9. The third kappa shape index (κ3) is 4.63. The molecule has 0 fully saturated rings. The Morgan fingerprint density at radius 1 is 1.25 bits per heavy atom. The monoisotopic (exact) mass is 452 g/mol. The Labute approximate surface area is 184 Å². The average Bonchev–Trinajstić information content (AvgIpc) is 3.18. The van der Waals surface area contributed by atoms with Gasteiger partial charge in [-0.1, -0.05) is 12.1 Å². The summed E-state index contributed by atoms with van der Waals surface area (Å²) in [6.45, 7) is 1.97. The number of aromatic nitrogens is 4. The van der Waals surface area contributed by atoms with E-state index in [4.69, 9.17) is 7.16 Å². The number of aromatic hydroxyl groups is 1. The summed E-state index contributed by atoms with van der Waals surface area (Å²) >= 11 is 0. The van der Waals surface area contributed by atoms with Crippen molar-refractivity contribution in [3.05, 3.63) is 69.3 Å². The number of nitrogens with one attached hydrogen (secondary N) is 2. The van der Waals surface area contributed by atoms with E-state index in [0.717, 1.165) is 28.8 Å². The maximum Gasteiger partial charge on any atom is 0.309 e. The molecule has 3 N–H and O–H groups in total. The summed E-state index contributed by atoms with van der Waals surface area (Å²) < 4.78 is 35.3. The van der Waals surface area contributed by atoms with E-state index in [-0.39, 0.29) is 23.2 Å². The number of halogens is 1. The third-order valence-corrected chi connectivity index (χ3v) is 4.35. The molecule has 0 saturated carbocycles. The first kappa shape index (κ1) is 19.8. The SMILES string of the molecule is [2H]C([2H])(NC(=O)c1nc(C(C)(C)NC(=O)c2nnc(C)o2)n(C)c(=O)c1O)[13c]1[13cH][13cH][13c](F)[13cH][13cH]1. The van der Waals surface area contributed by atoms with Crippen LogP contribution < -0.4 is 16.2 Å². The Kier molecular flexibility index (Phi) is 5.32. The summed E-state index contributed by atoms with van der Waals surface area (Å²) in [7, 11) is 1.27. The van der Waals surface area contributed by atoms with Crippen molar-refractivity contribution < 1.29 is 26.2 Å². The minimum Gasteiger partial charge on any atom is -0.501 e. The van der Waals surface area contributed by atoms with Crippen molar-refractivity contribution in [2.24, 2.45) is 7.05 Å². The molecule has 1 aromatic carbocycles. The lowest BCUT2D eigenvalue weighted by molar-refractivity contribution is 0.0869. The molecule has 0 aliphatic carbocycles. The first-order chi connectivity index (χ1) is 15.7. The summed E-state index contributed by atoms with van der Waals surface area (Å²) in [5, 5.41) is 22.0. The molecule has 0 unspecified atom stereocenters. The van der Waals surface area contributed by atoms with E-state index in [1.165, 1.54) is 27.8 Å². The number of carbonyl (C=O) groups is 2. The molecule has 2 amide bonds. The molecule has 0 bridgehead atoms. The van der Waals surface area contributed by atoms with Crippen LogP contribution in [0.25, 0.3) is 0 Å². The van der Waals surface area contributed by atoms with Gasteiger partial charge in [-0.3, -0.25) is 19.0 Å². The van der Waals surface area contributed by atoms with Crippen LogP contribution in [0.4, 0.5) is 4.39 Å². The standard InChI is InChI=1S/C20H21FN6O5/c1-10-25-26-17(32-10)16(30)24-20(2,3)19-23-13(14(28)18(31)27(19)4)15(29)22-9-11-5-7-12(21)8-6-11/h5-8,28H,9H2,1-4H3,(H,22,29)(H,24,30)/i5+1,6+1,7+1,8+1,9D2,11+1,12+1. The lowest BCUT2D eigenvalue weighted by Gasteiger charge is -2.27. The van der Waals surface area contributed by atoms with E-state index < -0.39 is 46.7 Å². The molecule has 12 heteroatoms. The van der Waals surface area contributed by atoms with E-state index in [9.17, 15) is 23.9 Å².